The summed E-state index contributed by atoms with van der Waals surface area (Å²) in [7, 11) is 5.34. The summed E-state index contributed by atoms with van der Waals surface area (Å²) in [4.78, 5) is 29.9. The molecule has 2 atom stereocenters. The molecule has 13 heteroatoms. The Kier molecular flexibility index (Phi) is 6.17. The van der Waals surface area contributed by atoms with E-state index in [-0.39, 0.29) is 28.5 Å². The second-order valence-corrected chi connectivity index (χ2v) is 10.9. The predicted octanol–water partition coefficient (Wildman–Crippen LogP) is 2.45. The Labute approximate surface area is 238 Å². The van der Waals surface area contributed by atoms with Crippen molar-refractivity contribution in [3.8, 4) is 11.1 Å². The van der Waals surface area contributed by atoms with E-state index in [0.29, 0.717) is 64.4 Å². The fourth-order valence-electron chi connectivity index (χ4n) is 6.44. The van der Waals surface area contributed by atoms with Gasteiger partial charge in [-0.3, -0.25) is 9.69 Å². The number of morpholine rings is 1. The van der Waals surface area contributed by atoms with E-state index in [1.165, 1.54) is 6.20 Å². The number of H-pyrrole nitrogens is 1. The largest absolute Gasteiger partial charge is 0.386 e. The second kappa shape index (κ2) is 9.70. The van der Waals surface area contributed by atoms with Crippen molar-refractivity contribution in [3.05, 3.63) is 58.1 Å². The highest BCUT2D eigenvalue weighted by Gasteiger charge is 2.40. The van der Waals surface area contributed by atoms with Gasteiger partial charge in [0.05, 0.1) is 57.4 Å². The Bertz CT molecular complexity index is 1960. The Balaban J connectivity index is 1.54. The zero-order valence-electron chi connectivity index (χ0n) is 23.2. The zero-order valence-corrected chi connectivity index (χ0v) is 23.2. The number of likely N-dealkylation sites (N-methyl/N-ethyl adjacent to an activating group) is 1. The Hall–Kier alpha value is -4.17. The number of anilines is 2. The van der Waals surface area contributed by atoms with Gasteiger partial charge in [-0.05, 0) is 13.1 Å². The lowest BCUT2D eigenvalue weighted by Gasteiger charge is -2.33. The highest BCUT2D eigenvalue weighted by Crippen LogP contribution is 2.44. The van der Waals surface area contributed by atoms with Crippen LogP contribution in [0.25, 0.3) is 44.1 Å². The number of benzene rings is 1. The first-order valence-electron chi connectivity index (χ1n) is 13.6. The summed E-state index contributed by atoms with van der Waals surface area (Å²) in [6.07, 6.45) is 2.52. The number of hydrogen-bond donors (Lipinski definition) is 4. The van der Waals surface area contributed by atoms with Gasteiger partial charge in [-0.2, -0.15) is 0 Å². The van der Waals surface area contributed by atoms with Crippen molar-refractivity contribution in [1.82, 2.24) is 24.4 Å². The van der Waals surface area contributed by atoms with E-state index in [4.69, 9.17) is 4.74 Å². The van der Waals surface area contributed by atoms with Crippen LogP contribution >= 0.6 is 0 Å². The molecule has 0 unspecified atom stereocenters. The first kappa shape index (κ1) is 26.7. The van der Waals surface area contributed by atoms with Crippen LogP contribution < -0.4 is 15.6 Å². The average molecular weight is 578 g/mol. The van der Waals surface area contributed by atoms with Gasteiger partial charge in [-0.15, -0.1) is 0 Å². The van der Waals surface area contributed by atoms with E-state index in [1.54, 1.807) is 37.1 Å². The van der Waals surface area contributed by atoms with Gasteiger partial charge in [0, 0.05) is 69.5 Å². The summed E-state index contributed by atoms with van der Waals surface area (Å²) >= 11 is 0. The van der Waals surface area contributed by atoms with Crippen LogP contribution in [0.4, 0.5) is 20.2 Å². The lowest BCUT2D eigenvalue weighted by molar-refractivity contribution is -0.0435. The Morgan fingerprint density at radius 3 is 2.69 bits per heavy atom. The normalized spacial score (nSPS) is 19.5. The molecule has 7 rings (SSSR count). The molecule has 0 aliphatic carbocycles. The Morgan fingerprint density at radius 2 is 1.95 bits per heavy atom. The zero-order chi connectivity index (χ0) is 29.4. The van der Waals surface area contributed by atoms with Gasteiger partial charge in [0.1, 0.15) is 11.3 Å². The number of nitrogens with zero attached hydrogens (tertiary/aromatic N) is 5. The predicted molar refractivity (Wildman–Crippen MR) is 155 cm³/mol. The summed E-state index contributed by atoms with van der Waals surface area (Å²) in [5.41, 5.74) is 2.44. The number of ether oxygens (including phenoxy) is 1. The molecule has 4 N–H and O–H groups in total. The molecule has 2 aliphatic rings. The minimum Gasteiger partial charge on any atom is -0.386 e. The highest BCUT2D eigenvalue weighted by atomic mass is 19.2. The number of hydrogen-bond acceptors (Lipinski definition) is 9. The number of aliphatic hydroxyl groups is 2. The third-order valence-corrected chi connectivity index (χ3v) is 8.56. The standard InChI is InChI=1S/C29H29F2N7O4/c1-32-18-7-17(30)23(31)21-22-25(38-11-19-20(12-38)42-5-4-36(19)2)15(9-33-27(22)35-24(18)21)13-6-14-26(39)16(29(40)41)10-37(3)28(14)34-8-13/h6-10,19-20,29,32,40-41H,4-5,11-12H2,1-3H3,(H,33,35)/t19-,20-/m0/s1. The number of aromatic nitrogens is 4. The molecule has 42 heavy (non-hydrogen) atoms. The summed E-state index contributed by atoms with van der Waals surface area (Å²) in [5, 5.41) is 23.2. The lowest BCUT2D eigenvalue weighted by Crippen LogP contribution is -2.48. The number of pyridine rings is 3. The van der Waals surface area contributed by atoms with Gasteiger partial charge in [0.2, 0.25) is 0 Å². The highest BCUT2D eigenvalue weighted by molar-refractivity contribution is 6.18. The van der Waals surface area contributed by atoms with Crippen molar-refractivity contribution in [3.63, 3.8) is 0 Å². The summed E-state index contributed by atoms with van der Waals surface area (Å²) < 4.78 is 38.2. The molecule has 2 fully saturated rings. The van der Waals surface area contributed by atoms with Crippen molar-refractivity contribution >= 4 is 44.3 Å². The summed E-state index contributed by atoms with van der Waals surface area (Å²) in [6.45, 7) is 2.45. The molecule has 0 radical (unpaired) electrons. The third kappa shape index (κ3) is 3.88. The van der Waals surface area contributed by atoms with Crippen LogP contribution in [0.5, 0.6) is 0 Å². The van der Waals surface area contributed by atoms with Crippen molar-refractivity contribution < 1.29 is 23.7 Å². The van der Waals surface area contributed by atoms with E-state index in [1.807, 2.05) is 7.05 Å². The van der Waals surface area contributed by atoms with Gasteiger partial charge in [0.25, 0.3) is 0 Å². The first-order valence-corrected chi connectivity index (χ1v) is 13.6. The fourth-order valence-corrected chi connectivity index (χ4v) is 6.44. The van der Waals surface area contributed by atoms with Crippen LogP contribution in [0, 0.1) is 11.6 Å². The molecule has 5 aromatic rings. The Morgan fingerprint density at radius 1 is 1.14 bits per heavy atom. The molecule has 11 nitrogen and oxygen atoms in total. The van der Waals surface area contributed by atoms with Gasteiger partial charge < -0.3 is 34.7 Å². The van der Waals surface area contributed by atoms with Crippen molar-refractivity contribution in [2.24, 2.45) is 7.05 Å². The molecule has 2 saturated heterocycles. The van der Waals surface area contributed by atoms with Crippen molar-refractivity contribution in [2.45, 2.75) is 18.4 Å². The lowest BCUT2D eigenvalue weighted by atomic mass is 10.0. The quantitative estimate of drug-likeness (QED) is 0.238. The molecule has 4 aromatic heterocycles. The maximum Gasteiger partial charge on any atom is 0.199 e. The summed E-state index contributed by atoms with van der Waals surface area (Å²) in [6, 6.07) is 2.82. The summed E-state index contributed by atoms with van der Waals surface area (Å²) in [5.74, 6) is -1.99. The van der Waals surface area contributed by atoms with Crippen molar-refractivity contribution in [2.75, 3.05) is 50.6 Å². The molecular formula is C29H29F2N7O4. The van der Waals surface area contributed by atoms with Crippen molar-refractivity contribution in [1.29, 1.82) is 0 Å². The fraction of sp³-hybridized carbons (Fsp3) is 0.345. The molecule has 2 aliphatic heterocycles. The van der Waals surface area contributed by atoms with Gasteiger partial charge in [-0.1, -0.05) is 0 Å². The number of aromatic amines is 1. The van der Waals surface area contributed by atoms with Crippen LogP contribution in [0.15, 0.2) is 35.5 Å². The SMILES string of the molecule is CNc1cc(F)c(F)c2c1[nH]c1ncc(-c3cnc4c(c3)c(=O)c(C(O)O)cn4C)c(N3C[C@@H]4OCCN(C)[C@H]4C3)c12. The number of fused-ring (bicyclic) bond motifs is 5. The van der Waals surface area contributed by atoms with E-state index in [9.17, 15) is 19.4 Å². The second-order valence-electron chi connectivity index (χ2n) is 10.9. The average Bonchev–Trinajstić information content (AvgIpc) is 3.59. The molecule has 0 spiro atoms. The molecule has 0 saturated carbocycles. The maximum absolute atomic E-state index is 15.7. The number of aryl methyl sites for hydroxylation is 1. The third-order valence-electron chi connectivity index (χ3n) is 8.56. The van der Waals surface area contributed by atoms with Crippen LogP contribution in [-0.2, 0) is 11.8 Å². The molecule has 6 heterocycles. The monoisotopic (exact) mass is 577 g/mol. The van der Waals surface area contributed by atoms with E-state index in [0.717, 1.165) is 12.6 Å². The first-order chi connectivity index (χ1) is 20.2. The molecule has 1 aromatic carbocycles. The van der Waals surface area contributed by atoms with Gasteiger partial charge in [0.15, 0.2) is 23.4 Å². The number of aliphatic hydroxyl groups excluding tert-OH is 1. The van der Waals surface area contributed by atoms with Gasteiger partial charge >= 0.3 is 0 Å². The van der Waals surface area contributed by atoms with E-state index < -0.39 is 23.4 Å². The maximum atomic E-state index is 15.7. The number of halogens is 2. The number of rotatable bonds is 4. The minimum absolute atomic E-state index is 0.0678. The molecule has 0 bridgehead atoms. The molecule has 218 valence electrons. The molecule has 0 amide bonds. The minimum atomic E-state index is -1.96. The van der Waals surface area contributed by atoms with E-state index in [2.05, 4.69) is 30.1 Å². The number of nitrogens with one attached hydrogen (secondary N) is 2. The van der Waals surface area contributed by atoms with Crippen LogP contribution in [0.2, 0.25) is 0 Å². The van der Waals surface area contributed by atoms with Crippen LogP contribution in [0.3, 0.4) is 0 Å². The van der Waals surface area contributed by atoms with Crippen LogP contribution in [-0.4, -0.2) is 87.1 Å². The molecular weight excluding hydrogens is 548 g/mol. The smallest absolute Gasteiger partial charge is 0.199 e. The topological polar surface area (TPSA) is 132 Å². The van der Waals surface area contributed by atoms with Crippen LogP contribution in [0.1, 0.15) is 11.9 Å². The van der Waals surface area contributed by atoms with Gasteiger partial charge in [-0.25, -0.2) is 18.7 Å². The van der Waals surface area contributed by atoms with E-state index >= 15 is 4.39 Å².